The fourth-order valence-electron chi connectivity index (χ4n) is 1.81. The van der Waals surface area contributed by atoms with E-state index in [0.717, 1.165) is 0 Å². The van der Waals surface area contributed by atoms with E-state index in [9.17, 15) is 9.59 Å². The van der Waals surface area contributed by atoms with E-state index in [2.05, 4.69) is 5.32 Å². The normalized spacial score (nSPS) is 27.1. The molecule has 1 heterocycles. The summed E-state index contributed by atoms with van der Waals surface area (Å²) in [5.41, 5.74) is 10.3. The Balaban J connectivity index is 2.55. The van der Waals surface area contributed by atoms with E-state index in [1.807, 2.05) is 13.8 Å². The Morgan fingerprint density at radius 3 is 2.64 bits per heavy atom. The summed E-state index contributed by atoms with van der Waals surface area (Å²) in [6, 6.07) is -0.723. The van der Waals surface area contributed by atoms with Crippen LogP contribution in [0.15, 0.2) is 0 Å². The molecule has 1 fully saturated rings. The van der Waals surface area contributed by atoms with Gasteiger partial charge in [0.25, 0.3) is 0 Å². The minimum Gasteiger partial charge on any atom is -0.368 e. The Hall–Kier alpha value is -1.10. The highest BCUT2D eigenvalue weighted by atomic mass is 16.2. The highest BCUT2D eigenvalue weighted by molar-refractivity contribution is 5.84. The molecule has 0 aliphatic carbocycles. The van der Waals surface area contributed by atoms with Gasteiger partial charge in [0.05, 0.1) is 6.04 Å². The summed E-state index contributed by atoms with van der Waals surface area (Å²) in [7, 11) is 0. The van der Waals surface area contributed by atoms with Crippen molar-refractivity contribution < 1.29 is 9.59 Å². The second kappa shape index (κ2) is 3.57. The smallest absolute Gasteiger partial charge is 0.234 e. The van der Waals surface area contributed by atoms with Gasteiger partial charge in [-0.25, -0.2) is 0 Å². The van der Waals surface area contributed by atoms with Crippen LogP contribution in [-0.2, 0) is 9.59 Å². The minimum absolute atomic E-state index is 0.0355. The van der Waals surface area contributed by atoms with E-state index >= 15 is 0 Å². The molecule has 0 saturated carbocycles. The molecule has 0 bridgehead atoms. The van der Waals surface area contributed by atoms with Crippen molar-refractivity contribution in [2.45, 2.75) is 38.3 Å². The molecule has 0 aromatic rings. The van der Waals surface area contributed by atoms with E-state index in [0.29, 0.717) is 12.8 Å². The molecule has 0 aromatic heterocycles. The average Bonchev–Trinajstić information content (AvgIpc) is 2.24. The van der Waals surface area contributed by atoms with Gasteiger partial charge in [0.15, 0.2) is 0 Å². The molecule has 1 aliphatic rings. The lowest BCUT2D eigenvalue weighted by Gasteiger charge is -2.16. The summed E-state index contributed by atoms with van der Waals surface area (Å²) in [5.74, 6) is -0.776. The molecule has 0 radical (unpaired) electrons. The number of hydrogen-bond donors (Lipinski definition) is 3. The topological polar surface area (TPSA) is 98.2 Å². The maximum Gasteiger partial charge on any atom is 0.234 e. The van der Waals surface area contributed by atoms with Crippen LogP contribution in [0.4, 0.5) is 0 Å². The first-order valence-electron chi connectivity index (χ1n) is 4.69. The maximum atomic E-state index is 11.4. The van der Waals surface area contributed by atoms with Gasteiger partial charge < -0.3 is 16.8 Å². The van der Waals surface area contributed by atoms with Crippen molar-refractivity contribution in [3.8, 4) is 0 Å². The molecule has 1 aliphatic heterocycles. The van der Waals surface area contributed by atoms with Gasteiger partial charge in [-0.15, -0.1) is 0 Å². The molecule has 1 saturated heterocycles. The Kier molecular flexibility index (Phi) is 2.80. The number of carbonyl (C=O) groups excluding carboxylic acids is 2. The molecular weight excluding hydrogens is 182 g/mol. The maximum absolute atomic E-state index is 11.4. The fourth-order valence-corrected chi connectivity index (χ4v) is 1.81. The quantitative estimate of drug-likeness (QED) is 0.549. The lowest BCUT2D eigenvalue weighted by Crippen LogP contribution is -2.39. The zero-order valence-electron chi connectivity index (χ0n) is 8.54. The van der Waals surface area contributed by atoms with Crippen LogP contribution in [0, 0.1) is 5.92 Å². The third-order valence-corrected chi connectivity index (χ3v) is 2.49. The number of amides is 2. The van der Waals surface area contributed by atoms with Crippen LogP contribution >= 0.6 is 0 Å². The van der Waals surface area contributed by atoms with Crippen LogP contribution in [0.1, 0.15) is 26.7 Å². The molecule has 14 heavy (non-hydrogen) atoms. The highest BCUT2D eigenvalue weighted by Crippen LogP contribution is 2.27. The Morgan fingerprint density at radius 1 is 1.71 bits per heavy atom. The molecule has 1 rings (SSSR count). The van der Waals surface area contributed by atoms with Gasteiger partial charge in [-0.05, 0) is 26.7 Å². The van der Waals surface area contributed by atoms with Crippen molar-refractivity contribution >= 4 is 11.8 Å². The third-order valence-electron chi connectivity index (χ3n) is 2.49. The van der Waals surface area contributed by atoms with Gasteiger partial charge >= 0.3 is 0 Å². The van der Waals surface area contributed by atoms with Gasteiger partial charge in [-0.2, -0.15) is 0 Å². The summed E-state index contributed by atoms with van der Waals surface area (Å²) < 4.78 is 0. The van der Waals surface area contributed by atoms with Gasteiger partial charge in [0.1, 0.15) is 0 Å². The molecule has 80 valence electrons. The summed E-state index contributed by atoms with van der Waals surface area (Å²) in [5, 5.41) is 2.84. The number of hydrogen-bond acceptors (Lipinski definition) is 3. The first kappa shape index (κ1) is 11.0. The van der Waals surface area contributed by atoms with Crippen molar-refractivity contribution in [3.05, 3.63) is 0 Å². The Morgan fingerprint density at radius 2 is 2.29 bits per heavy atom. The van der Waals surface area contributed by atoms with Crippen molar-refractivity contribution in [2.75, 3.05) is 0 Å². The van der Waals surface area contributed by atoms with Gasteiger partial charge in [0, 0.05) is 11.5 Å². The van der Waals surface area contributed by atoms with Crippen molar-refractivity contribution in [3.63, 3.8) is 0 Å². The van der Waals surface area contributed by atoms with E-state index < -0.39 is 11.9 Å². The van der Waals surface area contributed by atoms with Crippen LogP contribution in [0.25, 0.3) is 0 Å². The lowest BCUT2D eigenvalue weighted by atomic mass is 9.92. The van der Waals surface area contributed by atoms with Crippen LogP contribution in [-0.4, -0.2) is 23.4 Å². The predicted molar refractivity (Wildman–Crippen MR) is 52.1 cm³/mol. The Labute approximate surface area is 83.2 Å². The monoisotopic (exact) mass is 199 g/mol. The standard InChI is InChI=1S/C9H17N3O2/c1-9(2)4-5(8(14)12-9)3-6(10)7(11)13/h5-6H,3-4,10H2,1-2H3,(H2,11,13)(H,12,14)/t5-,6+/m1/s1. The molecule has 0 unspecified atom stereocenters. The number of nitrogens with two attached hydrogens (primary N) is 2. The van der Waals surface area contributed by atoms with Gasteiger partial charge in [-0.1, -0.05) is 0 Å². The van der Waals surface area contributed by atoms with Crippen molar-refractivity contribution in [1.29, 1.82) is 0 Å². The Bertz CT molecular complexity index is 263. The van der Waals surface area contributed by atoms with E-state index in [1.54, 1.807) is 0 Å². The summed E-state index contributed by atoms with van der Waals surface area (Å²) in [6.45, 7) is 3.89. The predicted octanol–water partition coefficient (Wildman–Crippen LogP) is -0.896. The zero-order chi connectivity index (χ0) is 10.9. The fraction of sp³-hybridized carbons (Fsp3) is 0.778. The summed E-state index contributed by atoms with van der Waals surface area (Å²) in [6.07, 6.45) is 1.04. The summed E-state index contributed by atoms with van der Waals surface area (Å²) in [4.78, 5) is 22.1. The van der Waals surface area contributed by atoms with Crippen molar-refractivity contribution in [1.82, 2.24) is 5.32 Å². The molecule has 5 nitrogen and oxygen atoms in total. The van der Waals surface area contributed by atoms with Gasteiger partial charge in [-0.3, -0.25) is 9.59 Å². The van der Waals surface area contributed by atoms with E-state index in [-0.39, 0.29) is 17.4 Å². The van der Waals surface area contributed by atoms with E-state index in [1.165, 1.54) is 0 Å². The highest BCUT2D eigenvalue weighted by Gasteiger charge is 2.38. The zero-order valence-corrected chi connectivity index (χ0v) is 8.54. The molecule has 5 N–H and O–H groups in total. The SMILES string of the molecule is CC1(C)C[C@@H](C[C@H](N)C(N)=O)C(=O)N1. The number of rotatable bonds is 3. The molecule has 2 amide bonds. The van der Waals surface area contributed by atoms with E-state index in [4.69, 9.17) is 11.5 Å². The molecular formula is C9H17N3O2. The van der Waals surface area contributed by atoms with Crippen molar-refractivity contribution in [2.24, 2.45) is 17.4 Å². The molecule has 2 atom stereocenters. The largest absolute Gasteiger partial charge is 0.368 e. The summed E-state index contributed by atoms with van der Waals surface area (Å²) >= 11 is 0. The number of carbonyl (C=O) groups is 2. The van der Waals surface area contributed by atoms with Crippen LogP contribution < -0.4 is 16.8 Å². The second-order valence-electron chi connectivity index (χ2n) is 4.52. The lowest BCUT2D eigenvalue weighted by molar-refractivity contribution is -0.123. The van der Waals surface area contributed by atoms with Gasteiger partial charge in [0.2, 0.25) is 11.8 Å². The number of nitrogens with one attached hydrogen (secondary N) is 1. The third kappa shape index (κ3) is 2.45. The molecule has 5 heteroatoms. The first-order valence-corrected chi connectivity index (χ1v) is 4.69. The molecule has 0 spiro atoms. The number of primary amides is 1. The van der Waals surface area contributed by atoms with Crippen LogP contribution in [0.5, 0.6) is 0 Å². The second-order valence-corrected chi connectivity index (χ2v) is 4.52. The molecule has 0 aromatic carbocycles. The van der Waals surface area contributed by atoms with Crippen LogP contribution in [0.3, 0.4) is 0 Å². The van der Waals surface area contributed by atoms with Crippen LogP contribution in [0.2, 0.25) is 0 Å². The minimum atomic E-state index is -0.723. The first-order chi connectivity index (χ1) is 6.32. The average molecular weight is 199 g/mol.